The van der Waals surface area contributed by atoms with Gasteiger partial charge in [0.05, 0.1) is 26.1 Å². The third-order valence-electron chi connectivity index (χ3n) is 2.86. The highest BCUT2D eigenvalue weighted by molar-refractivity contribution is 5.35. The zero-order valence-corrected chi connectivity index (χ0v) is 10.4. The smallest absolute Gasteiger partial charge is 0.230 e. The third kappa shape index (κ3) is 2.79. The van der Waals surface area contributed by atoms with E-state index in [2.05, 4.69) is 24.8 Å². The van der Waals surface area contributed by atoms with E-state index in [4.69, 9.17) is 10.5 Å². The summed E-state index contributed by atoms with van der Waals surface area (Å²) in [6, 6.07) is 0. The van der Waals surface area contributed by atoms with Gasteiger partial charge in [-0.05, 0) is 0 Å². The van der Waals surface area contributed by atoms with E-state index in [1.165, 1.54) is 0 Å². The van der Waals surface area contributed by atoms with Gasteiger partial charge in [0.15, 0.2) is 5.82 Å². The molecule has 1 saturated heterocycles. The van der Waals surface area contributed by atoms with Crippen LogP contribution in [0.2, 0.25) is 0 Å². The Labute approximate surface area is 110 Å². The first kappa shape index (κ1) is 11.8. The Bertz CT molecular complexity index is 536. The maximum absolute atomic E-state index is 5.75. The van der Waals surface area contributed by atoms with Gasteiger partial charge in [0.25, 0.3) is 0 Å². The van der Waals surface area contributed by atoms with E-state index in [0.717, 1.165) is 13.1 Å². The molecule has 0 aromatic carbocycles. The van der Waals surface area contributed by atoms with Crippen molar-refractivity contribution in [3.63, 3.8) is 0 Å². The predicted octanol–water partition coefficient (Wildman–Crippen LogP) is -0.465. The van der Waals surface area contributed by atoms with Crippen molar-refractivity contribution in [1.29, 1.82) is 0 Å². The Morgan fingerprint density at radius 2 is 2.05 bits per heavy atom. The number of nitrogens with zero attached hydrogens (tertiary/aromatic N) is 6. The number of rotatable bonds is 3. The topological polar surface area (TPSA) is 95.0 Å². The normalized spacial score (nSPS) is 15.7. The highest BCUT2D eigenvalue weighted by Crippen LogP contribution is 2.11. The van der Waals surface area contributed by atoms with E-state index >= 15 is 0 Å². The average molecular weight is 261 g/mol. The lowest BCUT2D eigenvalue weighted by Crippen LogP contribution is -2.37. The number of nitrogen functional groups attached to an aromatic ring is 1. The second kappa shape index (κ2) is 5.19. The molecule has 3 rings (SSSR count). The standard InChI is InChI=1S/C11H15N7O/c12-10-14-9(7-17-2-1-13-8-17)15-11(16-10)18-3-5-19-6-4-18/h1-2,8H,3-7H2,(H2,12,14,15,16). The van der Waals surface area contributed by atoms with Crippen molar-refractivity contribution < 1.29 is 4.74 Å². The Kier molecular flexibility index (Phi) is 3.23. The molecule has 0 radical (unpaired) electrons. The van der Waals surface area contributed by atoms with Crippen molar-refractivity contribution in [2.75, 3.05) is 36.9 Å². The lowest BCUT2D eigenvalue weighted by molar-refractivity contribution is 0.122. The summed E-state index contributed by atoms with van der Waals surface area (Å²) in [7, 11) is 0. The first-order chi connectivity index (χ1) is 9.31. The number of nitrogens with two attached hydrogens (primary N) is 1. The van der Waals surface area contributed by atoms with E-state index in [1.807, 2.05) is 10.8 Å². The van der Waals surface area contributed by atoms with Crippen LogP contribution in [-0.4, -0.2) is 50.8 Å². The van der Waals surface area contributed by atoms with E-state index in [9.17, 15) is 0 Å². The van der Waals surface area contributed by atoms with E-state index in [-0.39, 0.29) is 5.95 Å². The van der Waals surface area contributed by atoms with Crippen LogP contribution in [0.25, 0.3) is 0 Å². The van der Waals surface area contributed by atoms with Gasteiger partial charge in [0, 0.05) is 25.5 Å². The van der Waals surface area contributed by atoms with Crippen LogP contribution in [-0.2, 0) is 11.3 Å². The van der Waals surface area contributed by atoms with Gasteiger partial charge in [-0.1, -0.05) is 0 Å². The lowest BCUT2D eigenvalue weighted by Gasteiger charge is -2.26. The van der Waals surface area contributed by atoms with E-state index < -0.39 is 0 Å². The van der Waals surface area contributed by atoms with Crippen molar-refractivity contribution in [2.45, 2.75) is 6.54 Å². The van der Waals surface area contributed by atoms with Crippen LogP contribution in [0.3, 0.4) is 0 Å². The summed E-state index contributed by atoms with van der Waals surface area (Å²) in [5.74, 6) is 1.49. The molecular formula is C11H15N7O. The predicted molar refractivity (Wildman–Crippen MR) is 68.6 cm³/mol. The Morgan fingerprint density at radius 3 is 2.79 bits per heavy atom. The minimum absolute atomic E-state index is 0.242. The van der Waals surface area contributed by atoms with Gasteiger partial charge in [0.2, 0.25) is 11.9 Å². The number of hydrogen-bond acceptors (Lipinski definition) is 7. The molecule has 19 heavy (non-hydrogen) atoms. The highest BCUT2D eigenvalue weighted by atomic mass is 16.5. The molecule has 0 amide bonds. The van der Waals surface area contributed by atoms with Gasteiger partial charge in [-0.3, -0.25) is 0 Å². The summed E-state index contributed by atoms with van der Waals surface area (Å²) in [6.07, 6.45) is 5.29. The first-order valence-electron chi connectivity index (χ1n) is 6.10. The molecule has 1 aliphatic rings. The SMILES string of the molecule is Nc1nc(Cn2ccnc2)nc(N2CCOCC2)n1. The molecule has 0 aliphatic carbocycles. The number of imidazole rings is 1. The summed E-state index contributed by atoms with van der Waals surface area (Å²) in [5, 5.41) is 0. The molecular weight excluding hydrogens is 246 g/mol. The summed E-state index contributed by atoms with van der Waals surface area (Å²) in [6.45, 7) is 3.44. The van der Waals surface area contributed by atoms with Crippen molar-refractivity contribution in [3.05, 3.63) is 24.5 Å². The summed E-state index contributed by atoms with van der Waals surface area (Å²) in [4.78, 5) is 18.8. The monoisotopic (exact) mass is 261 g/mol. The van der Waals surface area contributed by atoms with E-state index in [1.54, 1.807) is 12.5 Å². The molecule has 100 valence electrons. The zero-order chi connectivity index (χ0) is 13.1. The first-order valence-corrected chi connectivity index (χ1v) is 6.10. The zero-order valence-electron chi connectivity index (χ0n) is 10.4. The van der Waals surface area contributed by atoms with Crippen LogP contribution < -0.4 is 10.6 Å². The van der Waals surface area contributed by atoms with Crippen LogP contribution >= 0.6 is 0 Å². The largest absolute Gasteiger partial charge is 0.378 e. The summed E-state index contributed by atoms with van der Waals surface area (Å²) in [5.41, 5.74) is 5.75. The fourth-order valence-electron chi connectivity index (χ4n) is 1.94. The molecule has 1 aliphatic heterocycles. The van der Waals surface area contributed by atoms with Gasteiger partial charge in [-0.2, -0.15) is 15.0 Å². The average Bonchev–Trinajstić information content (AvgIpc) is 2.92. The van der Waals surface area contributed by atoms with Crippen molar-refractivity contribution >= 4 is 11.9 Å². The highest BCUT2D eigenvalue weighted by Gasteiger charge is 2.15. The van der Waals surface area contributed by atoms with Gasteiger partial charge in [-0.15, -0.1) is 0 Å². The second-order valence-electron chi connectivity index (χ2n) is 4.24. The maximum Gasteiger partial charge on any atom is 0.230 e. The molecule has 0 spiro atoms. The van der Waals surface area contributed by atoms with Crippen LogP contribution in [0.15, 0.2) is 18.7 Å². The molecule has 3 heterocycles. The number of anilines is 2. The molecule has 8 nitrogen and oxygen atoms in total. The van der Waals surface area contributed by atoms with Gasteiger partial charge >= 0.3 is 0 Å². The number of morpholine rings is 1. The summed E-state index contributed by atoms with van der Waals surface area (Å²) >= 11 is 0. The molecule has 1 fully saturated rings. The van der Waals surface area contributed by atoms with Crippen LogP contribution in [0, 0.1) is 0 Å². The van der Waals surface area contributed by atoms with Gasteiger partial charge < -0.3 is 19.9 Å². The fraction of sp³-hybridized carbons (Fsp3) is 0.455. The Morgan fingerprint density at radius 1 is 1.21 bits per heavy atom. The minimum Gasteiger partial charge on any atom is -0.378 e. The van der Waals surface area contributed by atoms with Crippen molar-refractivity contribution in [3.8, 4) is 0 Å². The van der Waals surface area contributed by atoms with Crippen molar-refractivity contribution in [2.24, 2.45) is 0 Å². The Hall–Kier alpha value is -2.22. The lowest BCUT2D eigenvalue weighted by atomic mass is 10.4. The quantitative estimate of drug-likeness (QED) is 0.798. The second-order valence-corrected chi connectivity index (χ2v) is 4.24. The molecule has 0 atom stereocenters. The van der Waals surface area contributed by atoms with Crippen LogP contribution in [0.5, 0.6) is 0 Å². The molecule has 2 N–H and O–H groups in total. The minimum atomic E-state index is 0.242. The molecule has 2 aromatic heterocycles. The number of ether oxygens (including phenoxy) is 1. The van der Waals surface area contributed by atoms with Crippen molar-refractivity contribution in [1.82, 2.24) is 24.5 Å². The molecule has 0 bridgehead atoms. The number of hydrogen-bond donors (Lipinski definition) is 1. The molecule has 2 aromatic rings. The Balaban J connectivity index is 1.82. The molecule has 8 heteroatoms. The molecule has 0 saturated carbocycles. The van der Waals surface area contributed by atoms with Gasteiger partial charge in [0.1, 0.15) is 0 Å². The molecule has 0 unspecified atom stereocenters. The third-order valence-corrected chi connectivity index (χ3v) is 2.86. The van der Waals surface area contributed by atoms with Gasteiger partial charge in [-0.25, -0.2) is 4.98 Å². The summed E-state index contributed by atoms with van der Waals surface area (Å²) < 4.78 is 7.20. The van der Waals surface area contributed by atoms with E-state index in [0.29, 0.717) is 31.5 Å². The van der Waals surface area contributed by atoms with Crippen LogP contribution in [0.1, 0.15) is 5.82 Å². The number of aromatic nitrogens is 5. The fourth-order valence-corrected chi connectivity index (χ4v) is 1.94. The van der Waals surface area contributed by atoms with Crippen LogP contribution in [0.4, 0.5) is 11.9 Å². The maximum atomic E-state index is 5.75.